The smallest absolute Gasteiger partial charge is 0.381 e. The van der Waals surface area contributed by atoms with Crippen molar-refractivity contribution >= 4 is 5.84 Å². The molecule has 7 heteroatoms. The van der Waals surface area contributed by atoms with Gasteiger partial charge in [-0.3, -0.25) is 0 Å². The average Bonchev–Trinajstić information content (AvgIpc) is 2.90. The third-order valence-electron chi connectivity index (χ3n) is 3.06. The topological polar surface area (TPSA) is 86.9 Å². The molecule has 0 radical (unpaired) electrons. The zero-order chi connectivity index (χ0) is 15.4. The van der Waals surface area contributed by atoms with Gasteiger partial charge in [0.05, 0.1) is 18.5 Å². The number of benzene rings is 1. The van der Waals surface area contributed by atoms with Crippen molar-refractivity contribution in [3.8, 4) is 0 Å². The molecule has 2 aromatic heterocycles. The molecule has 3 rings (SSSR count). The minimum atomic E-state index is -1.06. The normalized spacial score (nSPS) is 11.1. The fourth-order valence-electron chi connectivity index (χ4n) is 2.02. The lowest BCUT2D eigenvalue weighted by atomic mass is 10.2. The highest BCUT2D eigenvalue weighted by molar-refractivity contribution is 5.22. The van der Waals surface area contributed by atoms with E-state index in [1.165, 1.54) is 6.20 Å². The Bertz CT molecular complexity index is 816. The summed E-state index contributed by atoms with van der Waals surface area (Å²) in [6, 6.07) is 9.91. The molecule has 2 heterocycles. The lowest BCUT2D eigenvalue weighted by Gasteiger charge is -2.03. The lowest BCUT2D eigenvalue weighted by Crippen LogP contribution is -2.22. The van der Waals surface area contributed by atoms with E-state index in [-0.39, 0.29) is 5.84 Å². The van der Waals surface area contributed by atoms with Crippen molar-refractivity contribution < 1.29 is 13.7 Å². The van der Waals surface area contributed by atoms with E-state index >= 15 is 0 Å². The first-order valence-corrected chi connectivity index (χ1v) is 6.87. The average molecular weight is 302 g/mol. The Labute approximate surface area is 124 Å². The molecular weight excluding hydrogens is 288 g/mol. The van der Waals surface area contributed by atoms with Gasteiger partial charge in [0.25, 0.3) is 0 Å². The van der Waals surface area contributed by atoms with Gasteiger partial charge in [0.1, 0.15) is 0 Å². The number of fused-ring (bicyclic) bond motifs is 1. The summed E-state index contributed by atoms with van der Waals surface area (Å²) in [4.78, 5) is 26.1. The van der Waals surface area contributed by atoms with E-state index in [4.69, 9.17) is 13.7 Å². The van der Waals surface area contributed by atoms with Gasteiger partial charge in [-0.15, -0.1) is 4.57 Å². The van der Waals surface area contributed by atoms with Crippen LogP contribution in [-0.4, -0.2) is 16.2 Å². The molecular formula is C15H14N2O5. The minimum absolute atomic E-state index is 0.0233. The summed E-state index contributed by atoms with van der Waals surface area (Å²) in [7, 11) is 0. The Morgan fingerprint density at radius 3 is 2.77 bits per heavy atom. The molecule has 3 aromatic rings. The predicted octanol–water partition coefficient (Wildman–Crippen LogP) is 1.39. The number of aryl methyl sites for hydroxylation is 1. The minimum Gasteiger partial charge on any atom is -0.381 e. The summed E-state index contributed by atoms with van der Waals surface area (Å²) in [6.07, 6.45) is 2.91. The number of rotatable bonds is 6. The summed E-state index contributed by atoms with van der Waals surface area (Å²) in [5.41, 5.74) is -0.321. The zero-order valence-corrected chi connectivity index (χ0v) is 11.7. The highest BCUT2D eigenvalue weighted by Crippen LogP contribution is 2.05. The maximum atomic E-state index is 11.0. The van der Waals surface area contributed by atoms with Gasteiger partial charge in [-0.05, 0) is 18.4 Å². The quantitative estimate of drug-likeness (QED) is 0.505. The molecule has 0 bridgehead atoms. The van der Waals surface area contributed by atoms with E-state index in [1.54, 1.807) is 0 Å². The van der Waals surface area contributed by atoms with E-state index in [0.29, 0.717) is 25.3 Å². The second kappa shape index (κ2) is 6.40. The Balaban J connectivity index is 1.51. The number of nitrogens with zero attached hydrogens (tertiary/aromatic N) is 2. The van der Waals surface area contributed by atoms with Crippen molar-refractivity contribution in [3.05, 3.63) is 68.6 Å². The maximum absolute atomic E-state index is 11.0. The largest absolute Gasteiger partial charge is 0.442 e. The number of aromatic nitrogens is 2. The molecule has 0 amide bonds. The van der Waals surface area contributed by atoms with Crippen LogP contribution in [-0.2, 0) is 17.8 Å². The first kappa shape index (κ1) is 14.3. The molecule has 0 aliphatic rings. The molecule has 7 nitrogen and oxygen atoms in total. The van der Waals surface area contributed by atoms with Crippen molar-refractivity contribution in [1.29, 1.82) is 0 Å². The first-order chi connectivity index (χ1) is 10.7. The lowest BCUT2D eigenvalue weighted by molar-refractivity contribution is 0.118. The van der Waals surface area contributed by atoms with E-state index in [0.717, 1.165) is 16.6 Å². The molecule has 0 N–H and O–H groups in total. The van der Waals surface area contributed by atoms with Gasteiger partial charge in [0.15, 0.2) is 0 Å². The van der Waals surface area contributed by atoms with Crippen LogP contribution in [0.2, 0.25) is 0 Å². The zero-order valence-electron chi connectivity index (χ0n) is 11.7. The fraction of sp³-hybridized carbons (Fsp3) is 0.267. The van der Waals surface area contributed by atoms with Crippen LogP contribution in [0.1, 0.15) is 17.7 Å². The molecule has 1 aromatic carbocycles. The molecule has 0 saturated heterocycles. The Hall–Kier alpha value is -2.67. The van der Waals surface area contributed by atoms with Crippen molar-refractivity contribution in [2.75, 3.05) is 6.61 Å². The van der Waals surface area contributed by atoms with Crippen LogP contribution in [0.4, 0.5) is 0 Å². The van der Waals surface area contributed by atoms with Crippen LogP contribution < -0.4 is 11.3 Å². The van der Waals surface area contributed by atoms with Gasteiger partial charge < -0.3 is 13.7 Å². The van der Waals surface area contributed by atoms with Crippen LogP contribution in [0.3, 0.4) is 0 Å². The van der Waals surface area contributed by atoms with Gasteiger partial charge in [-0.1, -0.05) is 30.3 Å². The van der Waals surface area contributed by atoms with Crippen LogP contribution in [0.5, 0.6) is 0 Å². The monoisotopic (exact) mass is 302 g/mol. The predicted molar refractivity (Wildman–Crippen MR) is 76.7 cm³/mol. The van der Waals surface area contributed by atoms with Gasteiger partial charge in [-0.2, -0.15) is 4.98 Å². The van der Waals surface area contributed by atoms with Gasteiger partial charge in [-0.25, -0.2) is 9.59 Å². The standard InChI is InChI=1S/C15H14N2O5/c18-13-14(19)22-17-9-12(16-15(17)21-13)7-4-8-20-10-11-5-2-1-3-6-11/h1-3,5-6,9H,4,7-8,10H2. The maximum Gasteiger partial charge on any atom is 0.442 e. The van der Waals surface area contributed by atoms with E-state index in [9.17, 15) is 9.59 Å². The summed E-state index contributed by atoms with van der Waals surface area (Å²) in [6.45, 7) is 1.15. The number of imidazole rings is 1. The van der Waals surface area contributed by atoms with Gasteiger partial charge >= 0.3 is 17.1 Å². The summed E-state index contributed by atoms with van der Waals surface area (Å²) >= 11 is 0. The molecule has 0 aliphatic heterocycles. The Kier molecular flexibility index (Phi) is 4.15. The molecule has 0 saturated carbocycles. The first-order valence-electron chi connectivity index (χ1n) is 6.87. The second-order valence-electron chi connectivity index (χ2n) is 4.75. The highest BCUT2D eigenvalue weighted by atomic mass is 16.6. The van der Waals surface area contributed by atoms with Crippen LogP contribution >= 0.6 is 0 Å². The Morgan fingerprint density at radius 1 is 1.14 bits per heavy atom. The van der Waals surface area contributed by atoms with Crippen molar-refractivity contribution in [3.63, 3.8) is 0 Å². The summed E-state index contributed by atoms with van der Waals surface area (Å²) < 4.78 is 16.1. The molecule has 0 fully saturated rings. The third kappa shape index (κ3) is 3.32. The van der Waals surface area contributed by atoms with E-state index < -0.39 is 11.3 Å². The fourth-order valence-corrected chi connectivity index (χ4v) is 2.02. The Morgan fingerprint density at radius 2 is 1.95 bits per heavy atom. The number of ether oxygens (including phenoxy) is 1. The molecule has 0 aliphatic carbocycles. The van der Waals surface area contributed by atoms with Crippen LogP contribution in [0.25, 0.3) is 5.84 Å². The van der Waals surface area contributed by atoms with Gasteiger partial charge in [0, 0.05) is 6.61 Å². The molecule has 114 valence electrons. The van der Waals surface area contributed by atoms with E-state index in [2.05, 4.69) is 4.98 Å². The molecule has 0 spiro atoms. The molecule has 0 atom stereocenters. The SMILES string of the molecule is O=c1oc2nc(CCCOCc3ccccc3)cn2oc1=O. The van der Waals surface area contributed by atoms with Crippen LogP contribution in [0, 0.1) is 0 Å². The second-order valence-corrected chi connectivity index (χ2v) is 4.75. The number of hydrogen-bond acceptors (Lipinski definition) is 6. The number of hydrogen-bond donors (Lipinski definition) is 0. The van der Waals surface area contributed by atoms with Crippen LogP contribution in [0.15, 0.2) is 55.1 Å². The van der Waals surface area contributed by atoms with E-state index in [1.807, 2.05) is 30.3 Å². The van der Waals surface area contributed by atoms with Crippen molar-refractivity contribution in [2.24, 2.45) is 0 Å². The third-order valence-corrected chi connectivity index (χ3v) is 3.06. The molecule has 22 heavy (non-hydrogen) atoms. The van der Waals surface area contributed by atoms with Crippen molar-refractivity contribution in [2.45, 2.75) is 19.4 Å². The van der Waals surface area contributed by atoms with Crippen molar-refractivity contribution in [1.82, 2.24) is 9.56 Å². The highest BCUT2D eigenvalue weighted by Gasteiger charge is 2.08. The summed E-state index contributed by atoms with van der Waals surface area (Å²) in [5, 5.41) is 0. The molecule has 0 unspecified atom stereocenters. The summed E-state index contributed by atoms with van der Waals surface area (Å²) in [5.74, 6) is -0.0233. The van der Waals surface area contributed by atoms with Gasteiger partial charge in [0.2, 0.25) is 0 Å².